The molecule has 144 valence electrons. The van der Waals surface area contributed by atoms with Crippen LogP contribution in [0, 0.1) is 0 Å². The number of hydrogen-bond acceptors (Lipinski definition) is 0. The number of alkyl halides is 1. The molecule has 1 saturated carbocycles. The first kappa shape index (κ1) is 19.9. The number of rotatable bonds is 8. The second-order valence-electron chi connectivity index (χ2n) is 7.94. The molecule has 1 fully saturated rings. The Kier molecular flexibility index (Phi) is 7.68. The average Bonchev–Trinajstić information content (AvgIpc) is 2.72. The monoisotopic (exact) mass is 364 g/mol. The van der Waals surface area contributed by atoms with Gasteiger partial charge in [0.2, 0.25) is 0 Å². The molecule has 1 aliphatic carbocycles. The molecule has 27 heavy (non-hydrogen) atoms. The number of allylic oxidation sites excluding steroid dienone is 1. The van der Waals surface area contributed by atoms with Gasteiger partial charge in [-0.25, -0.2) is 4.39 Å². The first-order valence-corrected chi connectivity index (χ1v) is 10.8. The Morgan fingerprint density at radius 2 is 1.44 bits per heavy atom. The summed E-state index contributed by atoms with van der Waals surface area (Å²) in [7, 11) is 0. The summed E-state index contributed by atoms with van der Waals surface area (Å²) < 4.78 is 13.3. The highest BCUT2D eigenvalue weighted by Gasteiger charge is 2.21. The van der Waals surface area contributed by atoms with Crippen molar-refractivity contribution in [2.45, 2.75) is 76.8 Å². The number of hydrogen-bond donors (Lipinski definition) is 0. The lowest BCUT2D eigenvalue weighted by molar-refractivity contribution is 0.235. The van der Waals surface area contributed by atoms with Crippen molar-refractivity contribution in [2.75, 3.05) is 0 Å². The highest BCUT2D eigenvalue weighted by atomic mass is 19.1. The molecule has 1 heteroatoms. The summed E-state index contributed by atoms with van der Waals surface area (Å²) in [6, 6.07) is 17.7. The Labute approximate surface area is 164 Å². The van der Waals surface area contributed by atoms with Gasteiger partial charge < -0.3 is 0 Å². The van der Waals surface area contributed by atoms with Crippen molar-refractivity contribution in [3.8, 4) is 11.1 Å². The van der Waals surface area contributed by atoms with E-state index in [1.165, 1.54) is 54.4 Å². The number of benzene rings is 2. The van der Waals surface area contributed by atoms with Gasteiger partial charge in [0.15, 0.2) is 0 Å². The summed E-state index contributed by atoms with van der Waals surface area (Å²) in [4.78, 5) is 0. The molecule has 0 nitrogen and oxygen atoms in total. The van der Waals surface area contributed by atoms with Crippen LogP contribution in [0.4, 0.5) is 4.39 Å². The topological polar surface area (TPSA) is 0 Å². The first-order chi connectivity index (χ1) is 13.3. The maximum absolute atomic E-state index is 13.3. The van der Waals surface area contributed by atoms with Crippen LogP contribution in [0.3, 0.4) is 0 Å². The molecule has 0 atom stereocenters. The van der Waals surface area contributed by atoms with E-state index < -0.39 is 6.17 Å². The molecule has 3 rings (SSSR count). The summed E-state index contributed by atoms with van der Waals surface area (Å²) in [5, 5.41) is 0. The quantitative estimate of drug-likeness (QED) is 0.413. The van der Waals surface area contributed by atoms with Crippen LogP contribution in [0.5, 0.6) is 0 Å². The molecule has 0 unspecified atom stereocenters. The van der Waals surface area contributed by atoms with Gasteiger partial charge in [0, 0.05) is 0 Å². The Bertz CT molecular complexity index is 688. The zero-order valence-electron chi connectivity index (χ0n) is 16.7. The van der Waals surface area contributed by atoms with Gasteiger partial charge in [-0.1, -0.05) is 86.9 Å². The maximum Gasteiger partial charge on any atom is 0.100 e. The zero-order valence-corrected chi connectivity index (χ0v) is 16.7. The largest absolute Gasteiger partial charge is 0.247 e. The first-order valence-electron chi connectivity index (χ1n) is 10.8. The lowest BCUT2D eigenvalue weighted by atomic mass is 9.83. The highest BCUT2D eigenvalue weighted by Crippen LogP contribution is 2.34. The minimum atomic E-state index is -0.579. The van der Waals surface area contributed by atoms with Crippen LogP contribution in [-0.2, 0) is 0 Å². The van der Waals surface area contributed by atoms with Crippen molar-refractivity contribution >= 4 is 6.08 Å². The van der Waals surface area contributed by atoms with Gasteiger partial charge >= 0.3 is 0 Å². The SMILES string of the molecule is CCCCCCC=Cc1ccc(-c2ccc([C@H]3CC[C@H](F)CC3)cc2)cc1. The molecule has 0 saturated heterocycles. The van der Waals surface area contributed by atoms with Gasteiger partial charge in [0.25, 0.3) is 0 Å². The predicted octanol–water partition coefficient (Wildman–Crippen LogP) is 8.33. The second-order valence-corrected chi connectivity index (χ2v) is 7.94. The summed E-state index contributed by atoms with van der Waals surface area (Å²) in [6.45, 7) is 2.25. The fourth-order valence-electron chi connectivity index (χ4n) is 4.03. The molecule has 0 bridgehead atoms. The predicted molar refractivity (Wildman–Crippen MR) is 116 cm³/mol. The molecule has 0 aliphatic heterocycles. The van der Waals surface area contributed by atoms with Crippen LogP contribution in [0.2, 0.25) is 0 Å². The molecule has 0 spiro atoms. The van der Waals surface area contributed by atoms with Crippen LogP contribution >= 0.6 is 0 Å². The molecule has 2 aromatic carbocycles. The standard InChI is InChI=1S/C26H33F/c1-2-3-4-5-6-7-8-21-9-11-22(12-10-21)23-13-15-24(16-14-23)25-17-19-26(27)20-18-25/h7-16,25-26H,2-6,17-20H2,1H3/t25-,26-. The Morgan fingerprint density at radius 3 is 2.07 bits per heavy atom. The van der Waals surface area contributed by atoms with E-state index >= 15 is 0 Å². The lowest BCUT2D eigenvalue weighted by Gasteiger charge is -2.24. The van der Waals surface area contributed by atoms with E-state index in [2.05, 4.69) is 67.6 Å². The molecule has 0 aromatic heterocycles. The molecule has 0 N–H and O–H groups in total. The van der Waals surface area contributed by atoms with Crippen molar-refractivity contribution in [3.05, 3.63) is 65.7 Å². The Hall–Kier alpha value is -1.89. The smallest absolute Gasteiger partial charge is 0.100 e. The molecular weight excluding hydrogens is 331 g/mol. The van der Waals surface area contributed by atoms with E-state index in [0.29, 0.717) is 5.92 Å². The van der Waals surface area contributed by atoms with Crippen molar-refractivity contribution in [3.63, 3.8) is 0 Å². The summed E-state index contributed by atoms with van der Waals surface area (Å²) in [5.41, 5.74) is 5.16. The lowest BCUT2D eigenvalue weighted by Crippen LogP contribution is -2.13. The van der Waals surface area contributed by atoms with Gasteiger partial charge in [-0.15, -0.1) is 0 Å². The van der Waals surface area contributed by atoms with Crippen molar-refractivity contribution in [2.24, 2.45) is 0 Å². The fourth-order valence-corrected chi connectivity index (χ4v) is 4.03. The molecule has 1 aliphatic rings. The van der Waals surface area contributed by atoms with E-state index in [-0.39, 0.29) is 0 Å². The molecule has 0 amide bonds. The van der Waals surface area contributed by atoms with Crippen molar-refractivity contribution in [1.29, 1.82) is 0 Å². The molecule has 0 radical (unpaired) electrons. The van der Waals surface area contributed by atoms with Gasteiger partial charge in [-0.3, -0.25) is 0 Å². The van der Waals surface area contributed by atoms with Gasteiger partial charge in [-0.05, 0) is 66.7 Å². The van der Waals surface area contributed by atoms with Gasteiger partial charge in [0.05, 0.1) is 0 Å². The number of unbranched alkanes of at least 4 members (excludes halogenated alkanes) is 4. The Morgan fingerprint density at radius 1 is 0.815 bits per heavy atom. The van der Waals surface area contributed by atoms with E-state index in [0.717, 1.165) is 25.7 Å². The van der Waals surface area contributed by atoms with Crippen molar-refractivity contribution in [1.82, 2.24) is 0 Å². The highest BCUT2D eigenvalue weighted by molar-refractivity contribution is 5.66. The summed E-state index contributed by atoms with van der Waals surface area (Å²) in [6.07, 6.45) is 13.8. The Balaban J connectivity index is 1.54. The van der Waals surface area contributed by atoms with Crippen LogP contribution in [0.25, 0.3) is 17.2 Å². The fraction of sp³-hybridized carbons (Fsp3) is 0.462. The van der Waals surface area contributed by atoms with Crippen molar-refractivity contribution < 1.29 is 4.39 Å². The summed E-state index contributed by atoms with van der Waals surface area (Å²) in [5.74, 6) is 0.538. The van der Waals surface area contributed by atoms with Gasteiger partial charge in [0.1, 0.15) is 6.17 Å². The third-order valence-electron chi connectivity index (χ3n) is 5.82. The van der Waals surface area contributed by atoms with Gasteiger partial charge in [-0.2, -0.15) is 0 Å². The molecule has 0 heterocycles. The van der Waals surface area contributed by atoms with E-state index in [1.54, 1.807) is 0 Å². The summed E-state index contributed by atoms with van der Waals surface area (Å²) >= 11 is 0. The minimum absolute atomic E-state index is 0.538. The normalized spacial score (nSPS) is 20.2. The third-order valence-corrected chi connectivity index (χ3v) is 5.82. The average molecular weight is 365 g/mol. The third kappa shape index (κ3) is 6.06. The van der Waals surface area contributed by atoms with Crippen LogP contribution in [0.1, 0.15) is 81.8 Å². The second kappa shape index (κ2) is 10.4. The van der Waals surface area contributed by atoms with Crippen LogP contribution in [0.15, 0.2) is 54.6 Å². The maximum atomic E-state index is 13.3. The van der Waals surface area contributed by atoms with E-state index in [4.69, 9.17) is 0 Å². The zero-order chi connectivity index (χ0) is 18.9. The van der Waals surface area contributed by atoms with Crippen LogP contribution < -0.4 is 0 Å². The molecule has 2 aromatic rings. The molecular formula is C26H33F. The van der Waals surface area contributed by atoms with E-state index in [1.807, 2.05) is 0 Å². The van der Waals surface area contributed by atoms with Crippen LogP contribution in [-0.4, -0.2) is 6.17 Å². The minimum Gasteiger partial charge on any atom is -0.247 e. The number of halogens is 1. The van der Waals surface area contributed by atoms with E-state index in [9.17, 15) is 4.39 Å².